The molecule has 1 aliphatic heterocycles. The molecule has 0 aromatic carbocycles. The van der Waals surface area contributed by atoms with Crippen molar-refractivity contribution in [2.45, 2.75) is 23.2 Å². The highest BCUT2D eigenvalue weighted by molar-refractivity contribution is 8.01. The van der Waals surface area contributed by atoms with Crippen molar-refractivity contribution in [2.24, 2.45) is 0 Å². The van der Waals surface area contributed by atoms with E-state index in [1.54, 1.807) is 4.52 Å². The van der Waals surface area contributed by atoms with Crippen molar-refractivity contribution in [3.63, 3.8) is 0 Å². The number of aromatic nitrogens is 4. The van der Waals surface area contributed by atoms with E-state index in [0.29, 0.717) is 5.75 Å². The Bertz CT molecular complexity index is 562. The van der Waals surface area contributed by atoms with Gasteiger partial charge in [0.15, 0.2) is 10.2 Å². The summed E-state index contributed by atoms with van der Waals surface area (Å²) in [6.45, 7) is 1.03. The van der Waals surface area contributed by atoms with Crippen LogP contribution in [0, 0.1) is 11.3 Å². The van der Waals surface area contributed by atoms with Crippen LogP contribution in [0.15, 0.2) is 4.34 Å². The van der Waals surface area contributed by atoms with E-state index in [1.807, 2.05) is 0 Å². The van der Waals surface area contributed by atoms with Gasteiger partial charge in [0.1, 0.15) is 0 Å². The van der Waals surface area contributed by atoms with E-state index < -0.39 is 0 Å². The third-order valence-electron chi connectivity index (χ3n) is 2.63. The fourth-order valence-electron chi connectivity index (χ4n) is 1.89. The molecule has 0 saturated carbocycles. The van der Waals surface area contributed by atoms with E-state index in [2.05, 4.69) is 26.7 Å². The maximum absolute atomic E-state index is 8.54. The van der Waals surface area contributed by atoms with Crippen molar-refractivity contribution in [1.29, 1.82) is 5.26 Å². The molecule has 1 unspecified atom stereocenters. The molecule has 88 valence electrons. The fraction of sp³-hybridized carbons (Fsp3) is 0.556. The first-order valence-electron chi connectivity index (χ1n) is 5.34. The number of hydrogen-bond acceptors (Lipinski definition) is 7. The second kappa shape index (κ2) is 4.60. The second-order valence-corrected chi connectivity index (χ2v) is 5.89. The third-order valence-corrected chi connectivity index (χ3v) is 4.53. The van der Waals surface area contributed by atoms with E-state index in [1.165, 1.54) is 29.5 Å². The zero-order chi connectivity index (χ0) is 11.7. The fourth-order valence-corrected chi connectivity index (χ4v) is 3.43. The molecular formula is C9H10N6S2. The quantitative estimate of drug-likeness (QED) is 0.842. The van der Waals surface area contributed by atoms with E-state index >= 15 is 0 Å². The molecule has 1 N–H and O–H groups in total. The lowest BCUT2D eigenvalue weighted by Crippen LogP contribution is -2.16. The van der Waals surface area contributed by atoms with Crippen LogP contribution < -0.4 is 5.32 Å². The van der Waals surface area contributed by atoms with Gasteiger partial charge in [-0.05, 0) is 19.4 Å². The molecule has 0 spiro atoms. The molecular weight excluding hydrogens is 256 g/mol. The lowest BCUT2D eigenvalue weighted by Gasteiger charge is -2.04. The summed E-state index contributed by atoms with van der Waals surface area (Å²) in [5, 5.41) is 24.7. The number of hydrogen-bond donors (Lipinski definition) is 1. The summed E-state index contributed by atoms with van der Waals surface area (Å²) in [6.07, 6.45) is 2.25. The normalized spacial score (nSPS) is 19.8. The van der Waals surface area contributed by atoms with Crippen LogP contribution in [-0.2, 0) is 0 Å². The summed E-state index contributed by atoms with van der Waals surface area (Å²) in [4.78, 5) is 0.800. The van der Waals surface area contributed by atoms with Gasteiger partial charge in [0.2, 0.25) is 4.96 Å². The second-order valence-electron chi connectivity index (χ2n) is 3.72. The van der Waals surface area contributed by atoms with Crippen molar-refractivity contribution in [1.82, 2.24) is 25.1 Å². The predicted molar refractivity (Wildman–Crippen MR) is 65.0 cm³/mol. The van der Waals surface area contributed by atoms with Gasteiger partial charge in [-0.1, -0.05) is 23.1 Å². The van der Waals surface area contributed by atoms with Crippen LogP contribution in [0.3, 0.4) is 0 Å². The first-order valence-corrected chi connectivity index (χ1v) is 7.14. The Morgan fingerprint density at radius 3 is 3.29 bits per heavy atom. The lowest BCUT2D eigenvalue weighted by molar-refractivity contribution is 0.582. The molecule has 1 saturated heterocycles. The SMILES string of the molecule is N#CCSc1nn2c(C3CCCN3)nnc2s1. The number of fused-ring (bicyclic) bond motifs is 1. The van der Waals surface area contributed by atoms with Crippen LogP contribution >= 0.6 is 23.1 Å². The molecule has 1 aliphatic rings. The molecule has 0 amide bonds. The standard InChI is InChI=1S/C9H10N6S2/c10-3-5-16-9-14-15-7(6-2-1-4-11-6)12-13-8(15)17-9/h6,11H,1-2,4-5H2. The first-order chi connectivity index (χ1) is 8.38. The van der Waals surface area contributed by atoms with E-state index in [-0.39, 0.29) is 6.04 Å². The number of nitrogens with zero attached hydrogens (tertiary/aromatic N) is 5. The van der Waals surface area contributed by atoms with Gasteiger partial charge in [0, 0.05) is 0 Å². The van der Waals surface area contributed by atoms with Crippen LogP contribution in [-0.4, -0.2) is 32.1 Å². The number of rotatable bonds is 3. The summed E-state index contributed by atoms with van der Waals surface area (Å²) in [7, 11) is 0. The van der Waals surface area contributed by atoms with Gasteiger partial charge >= 0.3 is 0 Å². The zero-order valence-corrected chi connectivity index (χ0v) is 10.6. The Kier molecular flexibility index (Phi) is 2.96. The topological polar surface area (TPSA) is 78.9 Å². The number of nitrogens with one attached hydrogen (secondary N) is 1. The highest BCUT2D eigenvalue weighted by Crippen LogP contribution is 2.27. The van der Waals surface area contributed by atoms with E-state index in [0.717, 1.165) is 28.1 Å². The van der Waals surface area contributed by atoms with E-state index in [9.17, 15) is 0 Å². The Morgan fingerprint density at radius 2 is 2.53 bits per heavy atom. The van der Waals surface area contributed by atoms with Gasteiger partial charge in [-0.3, -0.25) is 0 Å². The van der Waals surface area contributed by atoms with Crippen molar-refractivity contribution in [3.05, 3.63) is 5.82 Å². The molecule has 0 bridgehead atoms. The minimum absolute atomic E-state index is 0.265. The number of thioether (sulfide) groups is 1. The maximum Gasteiger partial charge on any atom is 0.235 e. The van der Waals surface area contributed by atoms with Crippen molar-refractivity contribution >= 4 is 28.1 Å². The molecule has 2 aromatic rings. The number of nitriles is 1. The maximum atomic E-state index is 8.54. The Morgan fingerprint density at radius 1 is 1.59 bits per heavy atom. The largest absolute Gasteiger partial charge is 0.307 e. The Hall–Kier alpha value is -1.17. The molecule has 1 fully saturated rings. The minimum Gasteiger partial charge on any atom is -0.307 e. The zero-order valence-electron chi connectivity index (χ0n) is 8.96. The van der Waals surface area contributed by atoms with Gasteiger partial charge in [0.25, 0.3) is 0 Å². The Balaban J connectivity index is 1.91. The van der Waals surface area contributed by atoms with Crippen molar-refractivity contribution < 1.29 is 0 Å². The Labute approximate surface area is 106 Å². The van der Waals surface area contributed by atoms with Gasteiger partial charge in [-0.2, -0.15) is 9.78 Å². The molecule has 2 aromatic heterocycles. The molecule has 0 aliphatic carbocycles. The molecule has 3 heterocycles. The summed E-state index contributed by atoms with van der Waals surface area (Å²) in [6, 6.07) is 2.36. The predicted octanol–water partition coefficient (Wildman–Crippen LogP) is 1.23. The van der Waals surface area contributed by atoms with Crippen LogP contribution in [0.1, 0.15) is 24.7 Å². The van der Waals surface area contributed by atoms with Gasteiger partial charge in [-0.15, -0.1) is 15.3 Å². The molecule has 1 atom stereocenters. The molecule has 0 radical (unpaired) electrons. The van der Waals surface area contributed by atoms with E-state index in [4.69, 9.17) is 5.26 Å². The monoisotopic (exact) mass is 266 g/mol. The molecule has 3 rings (SSSR count). The summed E-state index contributed by atoms with van der Waals surface area (Å²) >= 11 is 2.92. The van der Waals surface area contributed by atoms with Gasteiger partial charge in [-0.25, -0.2) is 0 Å². The summed E-state index contributed by atoms with van der Waals surface area (Å²) in [5.41, 5.74) is 0. The van der Waals surface area contributed by atoms with Crippen LogP contribution in [0.2, 0.25) is 0 Å². The average Bonchev–Trinajstić information content (AvgIpc) is 3.01. The summed E-state index contributed by atoms with van der Waals surface area (Å²) in [5.74, 6) is 1.30. The molecule has 17 heavy (non-hydrogen) atoms. The third kappa shape index (κ3) is 2.01. The minimum atomic E-state index is 0.265. The van der Waals surface area contributed by atoms with Crippen molar-refractivity contribution in [3.8, 4) is 6.07 Å². The van der Waals surface area contributed by atoms with Crippen LogP contribution in [0.5, 0.6) is 0 Å². The average molecular weight is 266 g/mol. The van der Waals surface area contributed by atoms with Crippen molar-refractivity contribution in [2.75, 3.05) is 12.3 Å². The van der Waals surface area contributed by atoms with Gasteiger partial charge in [0.05, 0.1) is 17.9 Å². The summed E-state index contributed by atoms with van der Waals surface area (Å²) < 4.78 is 2.67. The smallest absolute Gasteiger partial charge is 0.235 e. The highest BCUT2D eigenvalue weighted by atomic mass is 32.2. The molecule has 8 heteroatoms. The lowest BCUT2D eigenvalue weighted by atomic mass is 10.2. The highest BCUT2D eigenvalue weighted by Gasteiger charge is 2.23. The van der Waals surface area contributed by atoms with Crippen LogP contribution in [0.4, 0.5) is 0 Å². The van der Waals surface area contributed by atoms with Gasteiger partial charge < -0.3 is 5.32 Å². The first kappa shape index (κ1) is 11.0. The van der Waals surface area contributed by atoms with Crippen LogP contribution in [0.25, 0.3) is 4.96 Å². The molecule has 6 nitrogen and oxygen atoms in total.